The molecule has 21 heavy (non-hydrogen) atoms. The van der Waals surface area contributed by atoms with Gasteiger partial charge in [-0.25, -0.2) is 9.97 Å². The summed E-state index contributed by atoms with van der Waals surface area (Å²) in [6, 6.07) is 11.9. The third-order valence-corrected chi connectivity index (χ3v) is 3.22. The van der Waals surface area contributed by atoms with Crippen molar-refractivity contribution in [3.05, 3.63) is 48.4 Å². The Bertz CT molecular complexity index is 768. The molecule has 0 aliphatic rings. The lowest BCUT2D eigenvalue weighted by molar-refractivity contribution is 0.178. The van der Waals surface area contributed by atoms with Crippen LogP contribution in [0.3, 0.4) is 0 Å². The van der Waals surface area contributed by atoms with Gasteiger partial charge in [0.05, 0.1) is 11.2 Å². The topological polar surface area (TPSA) is 59.9 Å². The van der Waals surface area contributed by atoms with Crippen molar-refractivity contribution >= 4 is 16.7 Å². The number of rotatable bonds is 4. The summed E-state index contributed by atoms with van der Waals surface area (Å²) in [4.78, 5) is 13.4. The number of anilines is 1. The highest BCUT2D eigenvalue weighted by molar-refractivity contribution is 5.93. The number of benzene rings is 1. The van der Waals surface area contributed by atoms with E-state index < -0.39 is 0 Å². The number of pyridine rings is 1. The number of methoxy groups -OCH3 is 1. The maximum absolute atomic E-state index is 5.14. The Hall–Kier alpha value is -2.53. The van der Waals surface area contributed by atoms with Gasteiger partial charge in [-0.1, -0.05) is 18.2 Å². The van der Waals surface area contributed by atoms with Crippen LogP contribution in [0.1, 0.15) is 5.82 Å². The minimum Gasteiger partial charge on any atom is -0.377 e. The van der Waals surface area contributed by atoms with E-state index in [1.54, 1.807) is 13.3 Å². The zero-order chi connectivity index (χ0) is 14.7. The third-order valence-electron chi connectivity index (χ3n) is 3.22. The quantitative estimate of drug-likeness (QED) is 0.796. The highest BCUT2D eigenvalue weighted by Gasteiger charge is 2.09. The van der Waals surface area contributed by atoms with Gasteiger partial charge in [-0.15, -0.1) is 0 Å². The first-order valence-electron chi connectivity index (χ1n) is 6.70. The number of hydrogen-bond acceptors (Lipinski definition) is 5. The zero-order valence-electron chi connectivity index (χ0n) is 12.0. The van der Waals surface area contributed by atoms with E-state index in [2.05, 4.69) is 26.3 Å². The van der Waals surface area contributed by atoms with Gasteiger partial charge in [0.2, 0.25) is 0 Å². The Labute approximate surface area is 123 Å². The predicted octanol–water partition coefficient (Wildman–Crippen LogP) is 2.88. The molecule has 1 N–H and O–H groups in total. The van der Waals surface area contributed by atoms with Gasteiger partial charge < -0.3 is 10.1 Å². The third kappa shape index (κ3) is 2.68. The molecule has 0 saturated heterocycles. The van der Waals surface area contributed by atoms with Crippen LogP contribution in [0.5, 0.6) is 0 Å². The van der Waals surface area contributed by atoms with Gasteiger partial charge in [-0.3, -0.25) is 4.98 Å². The lowest BCUT2D eigenvalue weighted by Gasteiger charge is -2.09. The second kappa shape index (κ2) is 5.85. The lowest BCUT2D eigenvalue weighted by atomic mass is 10.1. The smallest absolute Gasteiger partial charge is 0.157 e. The van der Waals surface area contributed by atoms with Gasteiger partial charge in [0.25, 0.3) is 0 Å². The minimum atomic E-state index is 0.380. The molecule has 0 spiro atoms. The van der Waals surface area contributed by atoms with E-state index in [1.165, 1.54) is 0 Å². The first kappa shape index (κ1) is 13.5. The molecule has 0 fully saturated rings. The summed E-state index contributed by atoms with van der Waals surface area (Å²) < 4.78 is 5.14. The van der Waals surface area contributed by atoms with E-state index in [9.17, 15) is 0 Å². The van der Waals surface area contributed by atoms with Crippen LogP contribution in [-0.4, -0.2) is 29.1 Å². The Kier molecular flexibility index (Phi) is 3.75. The number of ether oxygens (including phenoxy) is 1. The molecule has 3 aromatic rings. The Morgan fingerprint density at radius 2 is 2.05 bits per heavy atom. The first-order chi connectivity index (χ1) is 10.3. The van der Waals surface area contributed by atoms with Crippen molar-refractivity contribution in [1.29, 1.82) is 0 Å². The molecule has 0 aliphatic carbocycles. The Morgan fingerprint density at radius 3 is 2.86 bits per heavy atom. The summed E-state index contributed by atoms with van der Waals surface area (Å²) in [5.41, 5.74) is 2.85. The van der Waals surface area contributed by atoms with Crippen molar-refractivity contribution in [3.63, 3.8) is 0 Å². The molecule has 0 bridgehead atoms. The molecule has 0 saturated carbocycles. The van der Waals surface area contributed by atoms with Crippen molar-refractivity contribution in [2.45, 2.75) is 6.61 Å². The maximum Gasteiger partial charge on any atom is 0.157 e. The summed E-state index contributed by atoms with van der Waals surface area (Å²) in [6.07, 6.45) is 1.79. The average Bonchev–Trinajstić information content (AvgIpc) is 2.54. The summed E-state index contributed by atoms with van der Waals surface area (Å²) in [6.45, 7) is 0.380. The van der Waals surface area contributed by atoms with E-state index in [0.717, 1.165) is 28.0 Å². The van der Waals surface area contributed by atoms with Crippen LogP contribution in [0.25, 0.3) is 22.2 Å². The molecule has 0 radical (unpaired) electrons. The van der Waals surface area contributed by atoms with Gasteiger partial charge in [-0.2, -0.15) is 0 Å². The highest BCUT2D eigenvalue weighted by Crippen LogP contribution is 2.27. The maximum atomic E-state index is 5.14. The fourth-order valence-corrected chi connectivity index (χ4v) is 2.28. The van der Waals surface area contributed by atoms with Crippen molar-refractivity contribution in [3.8, 4) is 11.3 Å². The number of nitrogens with zero attached hydrogens (tertiary/aromatic N) is 3. The molecule has 0 unspecified atom stereocenters. The van der Waals surface area contributed by atoms with Gasteiger partial charge >= 0.3 is 0 Å². The van der Waals surface area contributed by atoms with Crippen LogP contribution in [0.15, 0.2) is 42.6 Å². The molecule has 5 nitrogen and oxygen atoms in total. The van der Waals surface area contributed by atoms with Crippen LogP contribution in [0, 0.1) is 0 Å². The normalized spacial score (nSPS) is 10.8. The zero-order valence-corrected chi connectivity index (χ0v) is 12.0. The van der Waals surface area contributed by atoms with Crippen molar-refractivity contribution < 1.29 is 4.74 Å². The van der Waals surface area contributed by atoms with Crippen molar-refractivity contribution in [2.75, 3.05) is 19.5 Å². The fraction of sp³-hybridized carbons (Fsp3) is 0.188. The molecule has 3 rings (SSSR count). The van der Waals surface area contributed by atoms with Gasteiger partial charge in [-0.05, 0) is 12.1 Å². The van der Waals surface area contributed by atoms with E-state index >= 15 is 0 Å². The molecule has 0 aliphatic heterocycles. The monoisotopic (exact) mass is 280 g/mol. The number of aromatic nitrogens is 3. The van der Waals surface area contributed by atoms with E-state index in [-0.39, 0.29) is 0 Å². The number of hydrogen-bond donors (Lipinski definition) is 1. The summed E-state index contributed by atoms with van der Waals surface area (Å²) in [5.74, 6) is 1.42. The summed E-state index contributed by atoms with van der Waals surface area (Å²) in [7, 11) is 3.48. The van der Waals surface area contributed by atoms with E-state index in [1.807, 2.05) is 37.4 Å². The average molecular weight is 280 g/mol. The summed E-state index contributed by atoms with van der Waals surface area (Å²) >= 11 is 0. The van der Waals surface area contributed by atoms with Crippen LogP contribution in [0.2, 0.25) is 0 Å². The second-order valence-electron chi connectivity index (χ2n) is 4.61. The van der Waals surface area contributed by atoms with E-state index in [0.29, 0.717) is 12.4 Å². The van der Waals surface area contributed by atoms with Gasteiger partial charge in [0.1, 0.15) is 12.4 Å². The molecule has 0 atom stereocenters. The van der Waals surface area contributed by atoms with Gasteiger partial charge in [0.15, 0.2) is 5.82 Å². The van der Waals surface area contributed by atoms with Crippen LogP contribution in [-0.2, 0) is 11.3 Å². The summed E-state index contributed by atoms with van der Waals surface area (Å²) in [5, 5.41) is 4.13. The van der Waals surface area contributed by atoms with Crippen molar-refractivity contribution in [2.24, 2.45) is 0 Å². The fourth-order valence-electron chi connectivity index (χ4n) is 2.28. The standard InChI is InChI=1S/C16H16N4O/c1-17-15-9-14(19-16(20-15)10-21-2)12-5-3-7-13-11(12)6-4-8-18-13/h3-9H,10H2,1-2H3,(H,17,19,20). The largest absolute Gasteiger partial charge is 0.377 e. The lowest BCUT2D eigenvalue weighted by Crippen LogP contribution is -2.03. The molecule has 1 aromatic carbocycles. The van der Waals surface area contributed by atoms with E-state index in [4.69, 9.17) is 4.74 Å². The minimum absolute atomic E-state index is 0.380. The molecule has 2 heterocycles. The first-order valence-corrected chi connectivity index (χ1v) is 6.70. The molecular weight excluding hydrogens is 264 g/mol. The Balaban J connectivity index is 2.20. The van der Waals surface area contributed by atoms with Gasteiger partial charge in [0, 0.05) is 37.4 Å². The predicted molar refractivity (Wildman–Crippen MR) is 83.0 cm³/mol. The molecule has 5 heteroatoms. The number of fused-ring (bicyclic) bond motifs is 1. The highest BCUT2D eigenvalue weighted by atomic mass is 16.5. The van der Waals surface area contributed by atoms with Crippen molar-refractivity contribution in [1.82, 2.24) is 15.0 Å². The molecular formula is C16H16N4O. The molecule has 106 valence electrons. The second-order valence-corrected chi connectivity index (χ2v) is 4.61. The molecule has 0 amide bonds. The molecule has 2 aromatic heterocycles. The van der Waals surface area contributed by atoms with Crippen LogP contribution >= 0.6 is 0 Å². The SMILES string of the molecule is CNc1cc(-c2cccc3ncccc23)nc(COC)n1. The van der Waals surface area contributed by atoms with Crippen LogP contribution < -0.4 is 5.32 Å². The Morgan fingerprint density at radius 1 is 1.14 bits per heavy atom. The van der Waals surface area contributed by atoms with Crippen LogP contribution in [0.4, 0.5) is 5.82 Å². The number of nitrogens with one attached hydrogen (secondary N) is 1.